The van der Waals surface area contributed by atoms with Crippen molar-refractivity contribution >= 4 is 17.2 Å². The molecule has 0 aliphatic carbocycles. The van der Waals surface area contributed by atoms with Gasteiger partial charge >= 0.3 is 17.2 Å². The van der Waals surface area contributed by atoms with Crippen LogP contribution in [0.3, 0.4) is 0 Å². The second-order valence-corrected chi connectivity index (χ2v) is 9.56. The van der Waals surface area contributed by atoms with E-state index in [9.17, 15) is 0 Å². The van der Waals surface area contributed by atoms with Crippen molar-refractivity contribution in [3.8, 4) is 11.5 Å². The van der Waals surface area contributed by atoms with Crippen LogP contribution in [0.25, 0.3) is 0 Å². The van der Waals surface area contributed by atoms with Gasteiger partial charge in [0.1, 0.15) is 11.5 Å². The van der Waals surface area contributed by atoms with Gasteiger partial charge < -0.3 is 28.6 Å². The van der Waals surface area contributed by atoms with Crippen molar-refractivity contribution in [3.63, 3.8) is 0 Å². The van der Waals surface area contributed by atoms with Crippen LogP contribution in [0.1, 0.15) is 52.7 Å². The van der Waals surface area contributed by atoms with E-state index in [1.807, 2.05) is 77.9 Å². The molecule has 0 atom stereocenters. The fraction of sp³-hybridized carbons (Fsp3) is 0.400. The molecule has 28 heavy (non-hydrogen) atoms. The maximum Gasteiger partial charge on any atom is 0.391 e. The largest absolute Gasteiger partial charge is 0.427 e. The predicted molar refractivity (Wildman–Crippen MR) is 114 cm³/mol. The lowest BCUT2D eigenvalue weighted by atomic mass is 9.86. The van der Waals surface area contributed by atoms with Crippen molar-refractivity contribution in [1.82, 2.24) is 0 Å². The summed E-state index contributed by atoms with van der Waals surface area (Å²) in [5, 5.41) is 0. The second-order valence-electron chi connectivity index (χ2n) is 8.18. The third kappa shape index (κ3) is 8.40. The first-order valence-corrected chi connectivity index (χ1v) is 11.1. The van der Waals surface area contributed by atoms with Gasteiger partial charge in [-0.25, -0.2) is 0 Å². The standard InChI is InChI=1S/2C10H15O3P/c2*1-10(2,3)8-6-4-5-7-9(8)13-14(11)12/h2*4-7,11-12H,1-3H3. The summed E-state index contributed by atoms with van der Waals surface area (Å²) in [5.74, 6) is 1.08. The van der Waals surface area contributed by atoms with Gasteiger partial charge in [-0.3, -0.25) is 0 Å². The summed E-state index contributed by atoms with van der Waals surface area (Å²) in [6.45, 7) is 12.3. The second kappa shape index (κ2) is 10.5. The highest BCUT2D eigenvalue weighted by Crippen LogP contribution is 2.38. The molecule has 4 N–H and O–H groups in total. The molecule has 2 aromatic rings. The molecular weight excluding hydrogens is 398 g/mol. The Balaban J connectivity index is 0.000000280. The predicted octanol–water partition coefficient (Wildman–Crippen LogP) is 5.15. The van der Waals surface area contributed by atoms with E-state index in [-0.39, 0.29) is 10.8 Å². The summed E-state index contributed by atoms with van der Waals surface area (Å²) in [5.41, 5.74) is 1.80. The lowest BCUT2D eigenvalue weighted by Gasteiger charge is -2.22. The monoisotopic (exact) mass is 428 g/mol. The minimum atomic E-state index is -2.34. The van der Waals surface area contributed by atoms with E-state index in [4.69, 9.17) is 28.6 Å². The highest BCUT2D eigenvalue weighted by molar-refractivity contribution is 7.40. The van der Waals surface area contributed by atoms with Crippen molar-refractivity contribution in [2.24, 2.45) is 0 Å². The molecule has 0 radical (unpaired) electrons. The zero-order valence-corrected chi connectivity index (χ0v) is 18.9. The van der Waals surface area contributed by atoms with Crippen molar-refractivity contribution < 1.29 is 28.6 Å². The molecule has 0 unspecified atom stereocenters. The molecule has 0 aliphatic rings. The van der Waals surface area contributed by atoms with E-state index in [1.54, 1.807) is 12.1 Å². The molecule has 0 aromatic heterocycles. The summed E-state index contributed by atoms with van der Waals surface area (Å²) < 4.78 is 9.90. The molecule has 0 bridgehead atoms. The third-order valence-corrected chi connectivity index (χ3v) is 4.47. The number of para-hydroxylation sites is 2. The topological polar surface area (TPSA) is 99.4 Å². The lowest BCUT2D eigenvalue weighted by Crippen LogP contribution is -2.12. The highest BCUT2D eigenvalue weighted by atomic mass is 31.2. The molecule has 8 heteroatoms. The Morgan fingerprint density at radius 3 is 1.11 bits per heavy atom. The van der Waals surface area contributed by atoms with Crippen LogP contribution in [0.4, 0.5) is 0 Å². The van der Waals surface area contributed by atoms with Gasteiger partial charge in [0.05, 0.1) is 0 Å². The van der Waals surface area contributed by atoms with E-state index in [0.29, 0.717) is 11.5 Å². The maximum absolute atomic E-state index is 8.79. The summed E-state index contributed by atoms with van der Waals surface area (Å²) in [6.07, 6.45) is 0. The van der Waals surface area contributed by atoms with Gasteiger partial charge in [-0.1, -0.05) is 77.9 Å². The van der Waals surface area contributed by atoms with Gasteiger partial charge in [0.25, 0.3) is 0 Å². The lowest BCUT2D eigenvalue weighted by molar-refractivity contribution is 0.368. The summed E-state index contributed by atoms with van der Waals surface area (Å²) in [7, 11) is -4.68. The van der Waals surface area contributed by atoms with Crippen LogP contribution in [0.15, 0.2) is 48.5 Å². The normalized spacial score (nSPS) is 11.9. The van der Waals surface area contributed by atoms with Crippen LogP contribution in [0.5, 0.6) is 11.5 Å². The number of hydrogen-bond acceptors (Lipinski definition) is 6. The van der Waals surface area contributed by atoms with E-state index in [2.05, 4.69) is 0 Å². The first-order chi connectivity index (χ1) is 12.8. The number of rotatable bonds is 4. The zero-order valence-electron chi connectivity index (χ0n) is 17.1. The molecule has 0 amide bonds. The molecule has 2 aromatic carbocycles. The minimum Gasteiger partial charge on any atom is -0.427 e. The van der Waals surface area contributed by atoms with Crippen LogP contribution >= 0.6 is 17.2 Å². The quantitative estimate of drug-likeness (QED) is 0.503. The smallest absolute Gasteiger partial charge is 0.391 e. The van der Waals surface area contributed by atoms with Crippen LogP contribution in [-0.4, -0.2) is 19.6 Å². The van der Waals surface area contributed by atoms with Crippen molar-refractivity contribution in [1.29, 1.82) is 0 Å². The average molecular weight is 428 g/mol. The SMILES string of the molecule is CC(C)(C)c1ccccc1OP(O)O.CC(C)(C)c1ccccc1OP(O)O. The number of benzene rings is 2. The van der Waals surface area contributed by atoms with Crippen molar-refractivity contribution in [2.45, 2.75) is 52.4 Å². The van der Waals surface area contributed by atoms with Gasteiger partial charge in [-0.2, -0.15) is 0 Å². The van der Waals surface area contributed by atoms with Gasteiger partial charge in [0, 0.05) is 0 Å². The summed E-state index contributed by atoms with van der Waals surface area (Å²) in [4.78, 5) is 35.2. The van der Waals surface area contributed by atoms with E-state index < -0.39 is 17.2 Å². The Kier molecular flexibility index (Phi) is 9.29. The van der Waals surface area contributed by atoms with Gasteiger partial charge in [-0.05, 0) is 34.1 Å². The van der Waals surface area contributed by atoms with Crippen LogP contribution in [-0.2, 0) is 10.8 Å². The average Bonchev–Trinajstić information content (AvgIpc) is 2.53. The van der Waals surface area contributed by atoms with E-state index >= 15 is 0 Å². The molecular formula is C20H30O6P2. The summed E-state index contributed by atoms with van der Waals surface area (Å²) >= 11 is 0. The molecule has 156 valence electrons. The third-order valence-electron chi connectivity index (χ3n) is 3.75. The van der Waals surface area contributed by atoms with Crippen LogP contribution < -0.4 is 9.05 Å². The van der Waals surface area contributed by atoms with E-state index in [0.717, 1.165) is 11.1 Å². The first kappa shape index (κ1) is 24.8. The maximum atomic E-state index is 8.79. The Hall–Kier alpha value is -1.26. The van der Waals surface area contributed by atoms with Crippen LogP contribution in [0.2, 0.25) is 0 Å². The molecule has 2 rings (SSSR count). The highest BCUT2D eigenvalue weighted by Gasteiger charge is 2.20. The number of hydrogen-bond donors (Lipinski definition) is 4. The van der Waals surface area contributed by atoms with E-state index in [1.165, 1.54) is 0 Å². The molecule has 0 heterocycles. The molecule has 0 fully saturated rings. The molecule has 0 saturated carbocycles. The molecule has 6 nitrogen and oxygen atoms in total. The van der Waals surface area contributed by atoms with Crippen molar-refractivity contribution in [3.05, 3.63) is 59.7 Å². The Morgan fingerprint density at radius 2 is 0.857 bits per heavy atom. The van der Waals surface area contributed by atoms with Crippen LogP contribution in [0, 0.1) is 0 Å². The Labute approximate surface area is 169 Å². The van der Waals surface area contributed by atoms with Gasteiger partial charge in [0.2, 0.25) is 0 Å². The van der Waals surface area contributed by atoms with Crippen molar-refractivity contribution in [2.75, 3.05) is 0 Å². The molecule has 0 aliphatic heterocycles. The van der Waals surface area contributed by atoms with Gasteiger partial charge in [0.15, 0.2) is 0 Å². The zero-order chi connectivity index (χ0) is 21.5. The van der Waals surface area contributed by atoms with Gasteiger partial charge in [-0.15, -0.1) is 0 Å². The first-order valence-electron chi connectivity index (χ1n) is 8.73. The fourth-order valence-corrected chi connectivity index (χ4v) is 3.18. The molecule has 0 saturated heterocycles. The Morgan fingerprint density at radius 1 is 0.571 bits per heavy atom. The fourth-order valence-electron chi connectivity index (χ4n) is 2.51. The minimum absolute atomic E-state index is 0.0675. The summed E-state index contributed by atoms with van der Waals surface area (Å²) in [6, 6.07) is 14.8. The molecule has 0 spiro atoms. The Bertz CT molecular complexity index is 672.